The van der Waals surface area contributed by atoms with Crippen LogP contribution in [0.5, 0.6) is 5.75 Å². The van der Waals surface area contributed by atoms with Crippen LogP contribution in [-0.2, 0) is 25.1 Å². The first-order chi connectivity index (χ1) is 21.9. The highest BCUT2D eigenvalue weighted by Crippen LogP contribution is 2.38. The molecular formula is C31H32F3N7O3SSi. The summed E-state index contributed by atoms with van der Waals surface area (Å²) < 4.78 is 53.5. The van der Waals surface area contributed by atoms with E-state index >= 15 is 0 Å². The molecule has 0 fully saturated rings. The molecule has 0 aliphatic heterocycles. The Hall–Kier alpha value is -4.34. The van der Waals surface area contributed by atoms with Crippen molar-refractivity contribution in [3.8, 4) is 5.75 Å². The molecule has 0 spiro atoms. The quantitative estimate of drug-likeness (QED) is 0.117. The summed E-state index contributed by atoms with van der Waals surface area (Å²) in [7, 11) is 0.559. The van der Waals surface area contributed by atoms with Crippen molar-refractivity contribution in [2.45, 2.75) is 51.2 Å². The van der Waals surface area contributed by atoms with Gasteiger partial charge in [0.15, 0.2) is 5.65 Å². The molecule has 0 N–H and O–H groups in total. The maximum Gasteiger partial charge on any atom is 0.573 e. The number of aromatic nitrogens is 7. The van der Waals surface area contributed by atoms with E-state index in [9.17, 15) is 18.0 Å². The van der Waals surface area contributed by atoms with Crippen LogP contribution in [0.2, 0.25) is 25.7 Å². The SMILES string of the molecule is Cn1c2nc(C(c3ccccc3)c3cn(COCC[Si](C)(C)C)nn3)sc2c2cnn(Cc3cccc(OC(F)(F)F)c3)c(=O)c21. The minimum Gasteiger partial charge on any atom is -0.406 e. The number of halogens is 3. The van der Waals surface area contributed by atoms with Crippen LogP contribution in [0, 0.1) is 0 Å². The molecule has 4 aromatic heterocycles. The summed E-state index contributed by atoms with van der Waals surface area (Å²) in [5, 5.41) is 14.6. The maximum atomic E-state index is 13.6. The smallest absolute Gasteiger partial charge is 0.406 e. The van der Waals surface area contributed by atoms with Gasteiger partial charge in [-0.25, -0.2) is 14.3 Å². The van der Waals surface area contributed by atoms with Crippen molar-refractivity contribution in [1.82, 2.24) is 34.3 Å². The van der Waals surface area contributed by atoms with E-state index in [1.165, 1.54) is 34.2 Å². The summed E-state index contributed by atoms with van der Waals surface area (Å²) in [6.07, 6.45) is -1.33. The van der Waals surface area contributed by atoms with Crippen LogP contribution in [0.3, 0.4) is 0 Å². The summed E-state index contributed by atoms with van der Waals surface area (Å²) in [5.41, 5.74) is 2.79. The first-order valence-electron chi connectivity index (χ1n) is 14.6. The fourth-order valence-electron chi connectivity index (χ4n) is 5.19. The molecule has 240 valence electrons. The van der Waals surface area contributed by atoms with Crippen molar-refractivity contribution in [3.05, 3.63) is 99.2 Å². The number of nitrogens with zero attached hydrogens (tertiary/aromatic N) is 7. The lowest BCUT2D eigenvalue weighted by Gasteiger charge is -2.15. The lowest BCUT2D eigenvalue weighted by Crippen LogP contribution is -2.24. The Bertz CT molecular complexity index is 2050. The molecule has 0 aliphatic carbocycles. The first-order valence-corrected chi connectivity index (χ1v) is 19.1. The monoisotopic (exact) mass is 667 g/mol. The van der Waals surface area contributed by atoms with Gasteiger partial charge >= 0.3 is 6.36 Å². The molecule has 10 nitrogen and oxygen atoms in total. The highest BCUT2D eigenvalue weighted by atomic mass is 32.1. The molecule has 15 heteroatoms. The van der Waals surface area contributed by atoms with E-state index in [4.69, 9.17) is 9.72 Å². The van der Waals surface area contributed by atoms with Crippen LogP contribution in [0.15, 0.2) is 71.8 Å². The average molecular weight is 668 g/mol. The van der Waals surface area contributed by atoms with Crippen molar-refractivity contribution < 1.29 is 22.6 Å². The molecule has 1 unspecified atom stereocenters. The first kappa shape index (κ1) is 31.6. The number of aryl methyl sites for hydroxylation is 1. The van der Waals surface area contributed by atoms with Crippen LogP contribution >= 0.6 is 11.3 Å². The Kier molecular flexibility index (Phi) is 8.56. The molecule has 2 aromatic carbocycles. The molecule has 0 bridgehead atoms. The van der Waals surface area contributed by atoms with Crippen molar-refractivity contribution >= 4 is 40.7 Å². The normalized spacial score (nSPS) is 13.1. The Morgan fingerprint density at radius 1 is 1.07 bits per heavy atom. The van der Waals surface area contributed by atoms with Crippen LogP contribution in [0.4, 0.5) is 13.2 Å². The zero-order chi connectivity index (χ0) is 32.6. The van der Waals surface area contributed by atoms with Gasteiger partial charge in [0.05, 0.1) is 35.3 Å². The molecular weight excluding hydrogens is 636 g/mol. The Morgan fingerprint density at radius 2 is 1.85 bits per heavy atom. The molecule has 4 heterocycles. The van der Waals surface area contributed by atoms with Crippen LogP contribution in [-0.4, -0.2) is 55.4 Å². The largest absolute Gasteiger partial charge is 0.573 e. The second kappa shape index (κ2) is 12.5. The van der Waals surface area contributed by atoms with E-state index < -0.39 is 14.4 Å². The third kappa shape index (κ3) is 6.90. The minimum atomic E-state index is -4.81. The van der Waals surface area contributed by atoms with E-state index in [1.54, 1.807) is 28.6 Å². The predicted molar refractivity (Wildman–Crippen MR) is 172 cm³/mol. The number of hydrogen-bond acceptors (Lipinski definition) is 8. The summed E-state index contributed by atoms with van der Waals surface area (Å²) in [4.78, 5) is 18.6. The van der Waals surface area contributed by atoms with Crippen molar-refractivity contribution in [2.24, 2.45) is 7.05 Å². The number of hydrogen-bond donors (Lipinski definition) is 0. The second-order valence-corrected chi connectivity index (χ2v) is 18.9. The summed E-state index contributed by atoms with van der Waals surface area (Å²) in [5.74, 6) is -0.665. The number of thiazole rings is 1. The van der Waals surface area contributed by atoms with Gasteiger partial charge in [-0.2, -0.15) is 5.10 Å². The maximum absolute atomic E-state index is 13.6. The van der Waals surface area contributed by atoms with Gasteiger partial charge in [0.1, 0.15) is 23.0 Å². The van der Waals surface area contributed by atoms with Gasteiger partial charge in [-0.15, -0.1) is 29.6 Å². The highest BCUT2D eigenvalue weighted by Gasteiger charge is 2.31. The topological polar surface area (TPSA) is 102 Å². The standard InChI is InChI=1S/C31H32F3N7O3SSi/c1-39-26-23(16-35-41(30(26)42)17-20-9-8-12-22(15-20)44-31(32,33)34)27-28(39)36-29(45-27)25(21-10-6-5-7-11-21)24-18-40(38-37-24)19-43-13-14-46(2,3)4/h5-12,15-16,18,25H,13-14,17,19H2,1-4H3. The van der Waals surface area contributed by atoms with E-state index in [2.05, 4.69) is 39.8 Å². The Morgan fingerprint density at radius 3 is 2.59 bits per heavy atom. The number of alkyl halides is 3. The van der Waals surface area contributed by atoms with Gasteiger partial charge in [0.25, 0.3) is 5.56 Å². The molecule has 0 aliphatic rings. The molecule has 46 heavy (non-hydrogen) atoms. The third-order valence-electron chi connectivity index (χ3n) is 7.46. The van der Waals surface area contributed by atoms with Gasteiger partial charge in [0.2, 0.25) is 0 Å². The lowest BCUT2D eigenvalue weighted by atomic mass is 9.97. The summed E-state index contributed by atoms with van der Waals surface area (Å²) in [6, 6.07) is 16.5. The summed E-state index contributed by atoms with van der Waals surface area (Å²) in [6.45, 7) is 7.87. The van der Waals surface area contributed by atoms with Gasteiger partial charge in [0, 0.05) is 27.1 Å². The van der Waals surface area contributed by atoms with Gasteiger partial charge in [-0.3, -0.25) is 4.79 Å². The molecule has 6 aromatic rings. The number of benzene rings is 2. The highest BCUT2D eigenvalue weighted by molar-refractivity contribution is 7.19. The Labute approximate surface area is 267 Å². The van der Waals surface area contributed by atoms with Crippen LogP contribution < -0.4 is 10.3 Å². The van der Waals surface area contributed by atoms with Gasteiger partial charge < -0.3 is 14.0 Å². The molecule has 1 atom stereocenters. The van der Waals surface area contributed by atoms with Gasteiger partial charge in [-0.1, -0.05) is 67.3 Å². The fraction of sp³-hybridized carbons (Fsp3) is 0.323. The number of rotatable bonds is 11. The molecule has 0 amide bonds. The molecule has 6 rings (SSSR count). The van der Waals surface area contributed by atoms with Crippen LogP contribution in [0.25, 0.3) is 21.3 Å². The van der Waals surface area contributed by atoms with E-state index in [-0.39, 0.29) is 23.8 Å². The summed E-state index contributed by atoms with van der Waals surface area (Å²) >= 11 is 1.46. The average Bonchev–Trinajstić information content (AvgIpc) is 3.69. The van der Waals surface area contributed by atoms with Crippen molar-refractivity contribution in [3.63, 3.8) is 0 Å². The molecule has 0 saturated carbocycles. The van der Waals surface area contributed by atoms with Crippen LogP contribution in [0.1, 0.15) is 27.7 Å². The zero-order valence-corrected chi connectivity index (χ0v) is 27.5. The van der Waals surface area contributed by atoms with E-state index in [0.717, 1.165) is 27.0 Å². The fourth-order valence-corrected chi connectivity index (χ4v) is 7.19. The lowest BCUT2D eigenvalue weighted by molar-refractivity contribution is -0.274. The van der Waals surface area contributed by atoms with Gasteiger partial charge in [-0.05, 0) is 29.3 Å². The predicted octanol–water partition coefficient (Wildman–Crippen LogP) is 6.38. The van der Waals surface area contributed by atoms with Crippen molar-refractivity contribution in [2.75, 3.05) is 6.61 Å². The van der Waals surface area contributed by atoms with E-state index in [0.29, 0.717) is 35.5 Å². The minimum absolute atomic E-state index is 0.0328. The number of ether oxygens (including phenoxy) is 2. The molecule has 0 saturated heterocycles. The number of fused-ring (bicyclic) bond motifs is 3. The zero-order valence-electron chi connectivity index (χ0n) is 25.7. The van der Waals surface area contributed by atoms with Crippen molar-refractivity contribution in [1.29, 1.82) is 0 Å². The van der Waals surface area contributed by atoms with E-state index in [1.807, 2.05) is 36.5 Å². The third-order valence-corrected chi connectivity index (χ3v) is 10.3. The molecule has 0 radical (unpaired) electrons. The Balaban J connectivity index is 1.31. The second-order valence-electron chi connectivity index (χ2n) is 12.2.